The van der Waals surface area contributed by atoms with Crippen LogP contribution in [0.3, 0.4) is 0 Å². The summed E-state index contributed by atoms with van der Waals surface area (Å²) in [4.78, 5) is 1.25. The summed E-state index contributed by atoms with van der Waals surface area (Å²) >= 11 is 1.72. The van der Waals surface area contributed by atoms with Crippen molar-refractivity contribution in [3.05, 3.63) is 24.3 Å². The molecule has 0 amide bonds. The molecule has 0 heterocycles. The van der Waals surface area contributed by atoms with Crippen LogP contribution in [0.1, 0.15) is 0 Å². The molecule has 0 saturated heterocycles. The van der Waals surface area contributed by atoms with Gasteiger partial charge in [-0.05, 0) is 18.4 Å². The maximum atomic E-state index is 5.47. The molecule has 0 aliphatic heterocycles. The minimum atomic E-state index is 0.827. The van der Waals surface area contributed by atoms with Crippen LogP contribution in [0.5, 0.6) is 0 Å². The second kappa shape index (κ2) is 2.97. The predicted octanol–water partition coefficient (Wildman–Crippen LogP) is 1.20. The third-order valence-electron chi connectivity index (χ3n) is 1.12. The first-order chi connectivity index (χ1) is 4.33. The van der Waals surface area contributed by atoms with Gasteiger partial charge >= 0.3 is 0 Å². The highest BCUT2D eigenvalue weighted by molar-refractivity contribution is 7.98. The number of hydrogen-bond donors (Lipinski definition) is 0. The zero-order chi connectivity index (χ0) is 6.69. The Hall–Kier alpha value is -0.365. The summed E-state index contributed by atoms with van der Waals surface area (Å²) in [6, 6.07) is 7.84. The SMILES string of the molecule is [B]c1ccc(SC)cc1. The Kier molecular flexibility index (Phi) is 2.23. The van der Waals surface area contributed by atoms with Crippen LogP contribution in [0, 0.1) is 0 Å². The first kappa shape index (κ1) is 6.75. The molecule has 1 aromatic rings. The van der Waals surface area contributed by atoms with Crippen molar-refractivity contribution in [3.63, 3.8) is 0 Å². The van der Waals surface area contributed by atoms with Crippen molar-refractivity contribution in [2.45, 2.75) is 4.90 Å². The predicted molar refractivity (Wildman–Crippen MR) is 43.6 cm³/mol. The van der Waals surface area contributed by atoms with Gasteiger partial charge in [0, 0.05) is 4.90 Å². The molecular weight excluding hydrogens is 127 g/mol. The van der Waals surface area contributed by atoms with E-state index < -0.39 is 0 Å². The molecule has 0 fully saturated rings. The van der Waals surface area contributed by atoms with Gasteiger partial charge in [-0.3, -0.25) is 0 Å². The zero-order valence-electron chi connectivity index (χ0n) is 5.29. The van der Waals surface area contributed by atoms with E-state index in [2.05, 4.69) is 0 Å². The summed E-state index contributed by atoms with van der Waals surface area (Å²) in [5.41, 5.74) is 0.827. The first-order valence-electron chi connectivity index (χ1n) is 2.72. The molecule has 1 aromatic carbocycles. The lowest BCUT2D eigenvalue weighted by atomic mass is 9.97. The van der Waals surface area contributed by atoms with Gasteiger partial charge in [-0.15, -0.1) is 11.8 Å². The molecule has 0 unspecified atom stereocenters. The number of hydrogen-bond acceptors (Lipinski definition) is 1. The molecule has 0 N–H and O–H groups in total. The Labute approximate surface area is 61.1 Å². The maximum Gasteiger partial charge on any atom is 0.113 e. The smallest absolute Gasteiger partial charge is 0.113 e. The molecular formula is C7H7BS. The highest BCUT2D eigenvalue weighted by atomic mass is 32.2. The molecule has 0 aliphatic rings. The van der Waals surface area contributed by atoms with Gasteiger partial charge in [-0.2, -0.15) is 0 Å². The fourth-order valence-corrected chi connectivity index (χ4v) is 1.01. The third kappa shape index (κ3) is 1.79. The van der Waals surface area contributed by atoms with E-state index in [0.29, 0.717) is 0 Å². The number of benzene rings is 1. The van der Waals surface area contributed by atoms with Crippen LogP contribution in [-0.2, 0) is 0 Å². The van der Waals surface area contributed by atoms with Gasteiger partial charge < -0.3 is 0 Å². The molecule has 0 aliphatic carbocycles. The van der Waals surface area contributed by atoms with Gasteiger partial charge in [0.25, 0.3) is 0 Å². The average molecular weight is 134 g/mol. The van der Waals surface area contributed by atoms with E-state index in [1.807, 2.05) is 30.5 Å². The van der Waals surface area contributed by atoms with Gasteiger partial charge in [0.15, 0.2) is 0 Å². The molecule has 44 valence electrons. The molecule has 0 saturated carbocycles. The van der Waals surface area contributed by atoms with E-state index in [9.17, 15) is 0 Å². The Balaban J connectivity index is 2.88. The second-order valence-corrected chi connectivity index (χ2v) is 2.65. The summed E-state index contributed by atoms with van der Waals surface area (Å²) in [5, 5.41) is 0. The lowest BCUT2D eigenvalue weighted by Gasteiger charge is -1.94. The van der Waals surface area contributed by atoms with Crippen LogP contribution in [0.15, 0.2) is 29.2 Å². The second-order valence-electron chi connectivity index (χ2n) is 1.77. The van der Waals surface area contributed by atoms with E-state index in [4.69, 9.17) is 7.85 Å². The highest BCUT2D eigenvalue weighted by Gasteiger charge is 1.85. The topological polar surface area (TPSA) is 0 Å². The Morgan fingerprint density at radius 1 is 1.22 bits per heavy atom. The van der Waals surface area contributed by atoms with Crippen LogP contribution in [0.2, 0.25) is 0 Å². The summed E-state index contributed by atoms with van der Waals surface area (Å²) in [6.45, 7) is 0. The molecule has 0 bridgehead atoms. The van der Waals surface area contributed by atoms with Crippen molar-refractivity contribution in [1.82, 2.24) is 0 Å². The minimum Gasteiger partial charge on any atom is -0.130 e. The lowest BCUT2D eigenvalue weighted by Crippen LogP contribution is -1.98. The average Bonchev–Trinajstić information content (AvgIpc) is 1.90. The van der Waals surface area contributed by atoms with Crippen LogP contribution in [0.25, 0.3) is 0 Å². The van der Waals surface area contributed by atoms with E-state index in [1.165, 1.54) is 4.90 Å². The van der Waals surface area contributed by atoms with E-state index in [-0.39, 0.29) is 0 Å². The maximum absolute atomic E-state index is 5.47. The van der Waals surface area contributed by atoms with Crippen LogP contribution in [-0.4, -0.2) is 14.1 Å². The standard InChI is InChI=1S/C7H7BS/c1-9-7-4-2-6(8)3-5-7/h2-5H,1H3. The third-order valence-corrected chi connectivity index (χ3v) is 1.86. The van der Waals surface area contributed by atoms with Crippen LogP contribution in [0.4, 0.5) is 0 Å². The quantitative estimate of drug-likeness (QED) is 0.410. The Morgan fingerprint density at radius 2 is 1.78 bits per heavy atom. The molecule has 9 heavy (non-hydrogen) atoms. The summed E-state index contributed by atoms with van der Waals surface area (Å²) in [5.74, 6) is 0. The van der Waals surface area contributed by atoms with Crippen molar-refractivity contribution in [3.8, 4) is 0 Å². The fourth-order valence-electron chi connectivity index (χ4n) is 0.604. The van der Waals surface area contributed by atoms with Gasteiger partial charge in [-0.1, -0.05) is 17.6 Å². The fraction of sp³-hybridized carbons (Fsp3) is 0.143. The van der Waals surface area contributed by atoms with E-state index >= 15 is 0 Å². The minimum absolute atomic E-state index is 0.827. The van der Waals surface area contributed by atoms with Gasteiger partial charge in [0.1, 0.15) is 7.85 Å². The molecule has 0 spiro atoms. The molecule has 0 atom stereocenters. The summed E-state index contributed by atoms with van der Waals surface area (Å²) in [7, 11) is 5.47. The molecule has 2 heteroatoms. The summed E-state index contributed by atoms with van der Waals surface area (Å²) in [6.07, 6.45) is 2.05. The van der Waals surface area contributed by atoms with E-state index in [1.54, 1.807) is 11.8 Å². The largest absolute Gasteiger partial charge is 0.130 e. The summed E-state index contributed by atoms with van der Waals surface area (Å²) < 4.78 is 0. The van der Waals surface area contributed by atoms with Crippen LogP contribution >= 0.6 is 11.8 Å². The van der Waals surface area contributed by atoms with Crippen molar-refractivity contribution in [1.29, 1.82) is 0 Å². The molecule has 1 rings (SSSR count). The molecule has 2 radical (unpaired) electrons. The molecule has 0 aromatic heterocycles. The van der Waals surface area contributed by atoms with Gasteiger partial charge in [-0.25, -0.2) is 0 Å². The van der Waals surface area contributed by atoms with E-state index in [0.717, 1.165) is 5.46 Å². The Morgan fingerprint density at radius 3 is 2.22 bits per heavy atom. The van der Waals surface area contributed by atoms with Crippen molar-refractivity contribution >= 4 is 25.1 Å². The zero-order valence-corrected chi connectivity index (χ0v) is 6.11. The monoisotopic (exact) mass is 134 g/mol. The first-order valence-corrected chi connectivity index (χ1v) is 3.95. The van der Waals surface area contributed by atoms with Crippen LogP contribution < -0.4 is 5.46 Å². The van der Waals surface area contributed by atoms with Gasteiger partial charge in [0.05, 0.1) is 0 Å². The lowest BCUT2D eigenvalue weighted by molar-refractivity contribution is 1.49. The van der Waals surface area contributed by atoms with Crippen molar-refractivity contribution in [2.75, 3.05) is 6.26 Å². The normalized spacial score (nSPS) is 9.44. The Bertz CT molecular complexity index is 181. The molecule has 0 nitrogen and oxygen atoms in total. The number of rotatable bonds is 1. The highest BCUT2D eigenvalue weighted by Crippen LogP contribution is 2.10. The van der Waals surface area contributed by atoms with Crippen molar-refractivity contribution in [2.24, 2.45) is 0 Å². The van der Waals surface area contributed by atoms with Gasteiger partial charge in [0.2, 0.25) is 0 Å². The van der Waals surface area contributed by atoms with Crippen molar-refractivity contribution < 1.29 is 0 Å². The number of thioether (sulfide) groups is 1.